The summed E-state index contributed by atoms with van der Waals surface area (Å²) in [4.78, 5) is 22.5. The zero-order chi connectivity index (χ0) is 15.9. The summed E-state index contributed by atoms with van der Waals surface area (Å²) in [5.74, 6) is -0.803. The second-order valence-electron chi connectivity index (χ2n) is 4.50. The van der Waals surface area contributed by atoms with Crippen molar-refractivity contribution in [3.63, 3.8) is 0 Å². The maximum Gasteiger partial charge on any atom is 0.335 e. The van der Waals surface area contributed by atoms with Gasteiger partial charge in [-0.25, -0.2) is 9.42 Å². The summed E-state index contributed by atoms with van der Waals surface area (Å²) >= 11 is 0. The highest BCUT2D eigenvalue weighted by Crippen LogP contribution is 2.12. The van der Waals surface area contributed by atoms with Crippen LogP contribution in [0.1, 0.15) is 21.7 Å². The molecule has 0 radical (unpaired) electrons. The van der Waals surface area contributed by atoms with Crippen LogP contribution in [0.5, 0.6) is 5.75 Å². The third-order valence-electron chi connectivity index (χ3n) is 2.85. The zero-order valence-electron chi connectivity index (χ0n) is 11.9. The Morgan fingerprint density at radius 1 is 1.36 bits per heavy atom. The Hall–Kier alpha value is -2.90. The lowest BCUT2D eigenvalue weighted by Crippen LogP contribution is -2.29. The van der Waals surface area contributed by atoms with E-state index in [0.29, 0.717) is 23.7 Å². The predicted octanol–water partition coefficient (Wildman–Crippen LogP) is 0.814. The fraction of sp³-hybridized carbons (Fsp3) is 0.286. The number of nitrogens with zero attached hydrogens (tertiary/aromatic N) is 2. The summed E-state index contributed by atoms with van der Waals surface area (Å²) in [6, 6.07) is 6.15. The molecule has 8 heteroatoms. The first-order valence-corrected chi connectivity index (χ1v) is 6.57. The van der Waals surface area contributed by atoms with Crippen molar-refractivity contribution in [2.24, 2.45) is 0 Å². The molecule has 2 N–H and O–H groups in total. The first kappa shape index (κ1) is 15.5. The fourth-order valence-electron chi connectivity index (χ4n) is 1.70. The highest BCUT2D eigenvalue weighted by atomic mass is 16.6. The molecule has 1 heterocycles. The van der Waals surface area contributed by atoms with E-state index in [1.54, 1.807) is 19.1 Å². The molecule has 0 unspecified atom stereocenters. The van der Waals surface area contributed by atoms with Crippen LogP contribution >= 0.6 is 0 Å². The number of hydrogen-bond acceptors (Lipinski definition) is 6. The first-order valence-electron chi connectivity index (χ1n) is 6.57. The summed E-state index contributed by atoms with van der Waals surface area (Å²) in [5, 5.41) is 18.7. The summed E-state index contributed by atoms with van der Waals surface area (Å²) in [6.07, 6.45) is 0.0871. The number of carboxylic acid groups (broad SMARTS) is 1. The standard InChI is InChI=1S/C14H15N3O5/c1-9-12(17-22-16-9)8-13(18)15-5-6-21-11-4-2-3-10(7-11)14(19)20/h2-4,7H,5-6,8H2,1H3,(H,15,18)(H,19,20). The molecule has 0 spiro atoms. The molecule has 22 heavy (non-hydrogen) atoms. The van der Waals surface area contributed by atoms with Gasteiger partial charge >= 0.3 is 5.97 Å². The maximum absolute atomic E-state index is 11.7. The van der Waals surface area contributed by atoms with Gasteiger partial charge in [-0.15, -0.1) is 0 Å². The lowest BCUT2D eigenvalue weighted by Gasteiger charge is -2.08. The van der Waals surface area contributed by atoms with Crippen molar-refractivity contribution in [2.75, 3.05) is 13.2 Å². The molecule has 1 amide bonds. The topological polar surface area (TPSA) is 115 Å². The van der Waals surface area contributed by atoms with Gasteiger partial charge in [0.15, 0.2) is 0 Å². The lowest BCUT2D eigenvalue weighted by atomic mass is 10.2. The Morgan fingerprint density at radius 3 is 2.86 bits per heavy atom. The summed E-state index contributed by atoms with van der Waals surface area (Å²) in [6.45, 7) is 2.23. The van der Waals surface area contributed by atoms with Gasteiger partial charge in [-0.2, -0.15) is 0 Å². The average Bonchev–Trinajstić information content (AvgIpc) is 2.89. The van der Waals surface area contributed by atoms with Crippen molar-refractivity contribution < 1.29 is 24.1 Å². The fourth-order valence-corrected chi connectivity index (χ4v) is 1.70. The molecular formula is C14H15N3O5. The minimum Gasteiger partial charge on any atom is -0.492 e. The molecule has 116 valence electrons. The number of aryl methyl sites for hydroxylation is 1. The Bertz CT molecular complexity index is 668. The van der Waals surface area contributed by atoms with E-state index in [1.165, 1.54) is 12.1 Å². The summed E-state index contributed by atoms with van der Waals surface area (Å²) in [5.41, 5.74) is 1.22. The summed E-state index contributed by atoms with van der Waals surface area (Å²) in [7, 11) is 0. The highest BCUT2D eigenvalue weighted by Gasteiger charge is 2.10. The van der Waals surface area contributed by atoms with Crippen LogP contribution in [0.25, 0.3) is 0 Å². The Labute approximate surface area is 126 Å². The minimum absolute atomic E-state index is 0.0871. The molecule has 2 aromatic rings. The SMILES string of the molecule is Cc1nonc1CC(=O)NCCOc1cccc(C(=O)O)c1. The Kier molecular flexibility index (Phi) is 5.07. The van der Waals surface area contributed by atoms with Crippen LogP contribution < -0.4 is 10.1 Å². The van der Waals surface area contributed by atoms with E-state index in [9.17, 15) is 9.59 Å². The second kappa shape index (κ2) is 7.21. The number of rotatable bonds is 7. The lowest BCUT2D eigenvalue weighted by molar-refractivity contribution is -0.120. The van der Waals surface area contributed by atoms with Crippen molar-refractivity contribution in [2.45, 2.75) is 13.3 Å². The number of hydrogen-bond donors (Lipinski definition) is 2. The van der Waals surface area contributed by atoms with E-state index < -0.39 is 5.97 Å². The molecule has 1 aromatic carbocycles. The Morgan fingerprint density at radius 2 is 2.18 bits per heavy atom. The average molecular weight is 305 g/mol. The third-order valence-corrected chi connectivity index (χ3v) is 2.85. The first-order chi connectivity index (χ1) is 10.6. The number of nitrogens with one attached hydrogen (secondary N) is 1. The van der Waals surface area contributed by atoms with Gasteiger partial charge in [-0.05, 0) is 25.1 Å². The van der Waals surface area contributed by atoms with Crippen LogP contribution in [-0.4, -0.2) is 40.4 Å². The maximum atomic E-state index is 11.7. The molecule has 0 atom stereocenters. The van der Waals surface area contributed by atoms with Gasteiger partial charge in [0.1, 0.15) is 23.7 Å². The molecule has 0 saturated heterocycles. The minimum atomic E-state index is -1.02. The van der Waals surface area contributed by atoms with Crippen molar-refractivity contribution in [1.29, 1.82) is 0 Å². The quantitative estimate of drug-likeness (QED) is 0.727. The molecule has 0 aliphatic carbocycles. The van der Waals surface area contributed by atoms with E-state index in [0.717, 1.165) is 0 Å². The van der Waals surface area contributed by atoms with E-state index in [-0.39, 0.29) is 24.5 Å². The molecule has 2 rings (SSSR count). The Balaban J connectivity index is 1.73. The van der Waals surface area contributed by atoms with Crippen molar-refractivity contribution >= 4 is 11.9 Å². The number of ether oxygens (including phenoxy) is 1. The number of carbonyl (C=O) groups is 2. The second-order valence-corrected chi connectivity index (χ2v) is 4.50. The van der Waals surface area contributed by atoms with E-state index in [4.69, 9.17) is 9.84 Å². The van der Waals surface area contributed by atoms with Gasteiger partial charge in [0.05, 0.1) is 18.5 Å². The molecule has 0 aliphatic rings. The van der Waals surface area contributed by atoms with Gasteiger partial charge in [-0.1, -0.05) is 16.4 Å². The number of aromatic nitrogens is 2. The van der Waals surface area contributed by atoms with Crippen molar-refractivity contribution in [3.8, 4) is 5.75 Å². The molecule has 0 saturated carbocycles. The summed E-state index contributed by atoms with van der Waals surface area (Å²) < 4.78 is 9.89. The number of amides is 1. The van der Waals surface area contributed by atoms with Gasteiger partial charge in [0, 0.05) is 0 Å². The van der Waals surface area contributed by atoms with E-state index in [1.807, 2.05) is 0 Å². The van der Waals surface area contributed by atoms with E-state index in [2.05, 4.69) is 20.3 Å². The highest BCUT2D eigenvalue weighted by molar-refractivity contribution is 5.88. The van der Waals surface area contributed by atoms with Gasteiger partial charge < -0.3 is 15.2 Å². The zero-order valence-corrected chi connectivity index (χ0v) is 11.9. The largest absolute Gasteiger partial charge is 0.492 e. The van der Waals surface area contributed by atoms with Crippen LogP contribution in [0.2, 0.25) is 0 Å². The molecule has 8 nitrogen and oxygen atoms in total. The van der Waals surface area contributed by atoms with Crippen LogP contribution in [0.15, 0.2) is 28.9 Å². The number of carbonyl (C=O) groups excluding carboxylic acids is 1. The van der Waals surface area contributed by atoms with Gasteiger partial charge in [-0.3, -0.25) is 4.79 Å². The molecular weight excluding hydrogens is 290 g/mol. The van der Waals surface area contributed by atoms with Crippen LogP contribution in [0, 0.1) is 6.92 Å². The van der Waals surface area contributed by atoms with Crippen LogP contribution in [0.4, 0.5) is 0 Å². The smallest absolute Gasteiger partial charge is 0.335 e. The van der Waals surface area contributed by atoms with Crippen LogP contribution in [-0.2, 0) is 11.2 Å². The van der Waals surface area contributed by atoms with Gasteiger partial charge in [0.25, 0.3) is 0 Å². The molecule has 0 fully saturated rings. The third kappa shape index (κ3) is 4.30. The van der Waals surface area contributed by atoms with Crippen molar-refractivity contribution in [1.82, 2.24) is 15.6 Å². The molecule has 0 bridgehead atoms. The normalized spacial score (nSPS) is 10.2. The van der Waals surface area contributed by atoms with Gasteiger partial charge in [0.2, 0.25) is 5.91 Å². The van der Waals surface area contributed by atoms with Crippen molar-refractivity contribution in [3.05, 3.63) is 41.2 Å². The number of aromatic carboxylic acids is 1. The molecule has 0 aliphatic heterocycles. The van der Waals surface area contributed by atoms with Crippen LogP contribution in [0.3, 0.4) is 0 Å². The monoisotopic (exact) mass is 305 g/mol. The number of carboxylic acids is 1. The predicted molar refractivity (Wildman–Crippen MR) is 74.6 cm³/mol. The van der Waals surface area contributed by atoms with E-state index >= 15 is 0 Å². The number of benzene rings is 1. The molecule has 1 aromatic heterocycles.